The summed E-state index contributed by atoms with van der Waals surface area (Å²) in [7, 11) is 0. The maximum absolute atomic E-state index is 12.7. The van der Waals surface area contributed by atoms with Crippen molar-refractivity contribution in [3.63, 3.8) is 0 Å². The van der Waals surface area contributed by atoms with Crippen LogP contribution in [-0.2, 0) is 38.0 Å². The van der Waals surface area contributed by atoms with Gasteiger partial charge in [0.1, 0.15) is 22.7 Å². The Kier molecular flexibility index (Phi) is 23.3. The molecule has 0 spiro atoms. The number of hydrogen-bond acceptors (Lipinski definition) is 10. The molecule has 5 unspecified atom stereocenters. The summed E-state index contributed by atoms with van der Waals surface area (Å²) in [5.74, 6) is 1.86. The first-order chi connectivity index (χ1) is 38.3. The summed E-state index contributed by atoms with van der Waals surface area (Å²) in [6.07, 6.45) is 16.3. The van der Waals surface area contributed by atoms with Crippen LogP contribution in [0.2, 0.25) is 0 Å². The molecule has 0 radical (unpaired) electrons. The van der Waals surface area contributed by atoms with Crippen LogP contribution < -0.4 is 9.47 Å². The van der Waals surface area contributed by atoms with Gasteiger partial charge in [0.15, 0.2) is 0 Å². The third-order valence-electron chi connectivity index (χ3n) is 21.0. The van der Waals surface area contributed by atoms with E-state index in [2.05, 4.69) is 110 Å². The van der Waals surface area contributed by atoms with E-state index >= 15 is 0 Å². The second-order valence-electron chi connectivity index (χ2n) is 31.2. The van der Waals surface area contributed by atoms with Crippen molar-refractivity contribution in [3.8, 4) is 11.5 Å². The number of para-hydroxylation sites is 2. The van der Waals surface area contributed by atoms with Crippen molar-refractivity contribution in [1.29, 1.82) is 0 Å². The molecule has 0 heterocycles. The molecule has 3 fully saturated rings. The lowest BCUT2D eigenvalue weighted by Crippen LogP contribution is -2.47. The van der Waals surface area contributed by atoms with E-state index in [0.29, 0.717) is 48.4 Å². The summed E-state index contributed by atoms with van der Waals surface area (Å²) in [6.45, 7) is 53.8. The van der Waals surface area contributed by atoms with Gasteiger partial charge in [0.25, 0.3) is 0 Å². The minimum atomic E-state index is -0.838. The predicted molar refractivity (Wildman–Crippen MR) is 339 cm³/mol. The van der Waals surface area contributed by atoms with Gasteiger partial charge < -0.3 is 37.9 Å². The van der Waals surface area contributed by atoms with Crippen LogP contribution in [0.1, 0.15) is 228 Å². The lowest BCUT2D eigenvalue weighted by atomic mass is 9.60. The fourth-order valence-corrected chi connectivity index (χ4v) is 13.7. The van der Waals surface area contributed by atoms with Gasteiger partial charge in [-0.25, -0.2) is 9.59 Å². The van der Waals surface area contributed by atoms with Crippen LogP contribution in [-0.4, -0.2) is 85.2 Å². The number of rotatable bonds is 38. The van der Waals surface area contributed by atoms with Crippen LogP contribution in [0.15, 0.2) is 85.0 Å². The average molecular weight is 1160 g/mol. The Morgan fingerprint density at radius 3 is 1.35 bits per heavy atom. The number of ether oxygens (including phenoxy) is 8. The smallest absolute Gasteiger partial charge is 0.333 e. The maximum Gasteiger partial charge on any atom is 0.333 e. The molecule has 0 aromatic heterocycles. The summed E-state index contributed by atoms with van der Waals surface area (Å²) >= 11 is 0. The quantitative estimate of drug-likeness (QED) is 0.0366. The van der Waals surface area contributed by atoms with E-state index in [0.717, 1.165) is 87.9 Å². The van der Waals surface area contributed by atoms with Gasteiger partial charge in [-0.05, 0) is 231 Å². The third kappa shape index (κ3) is 19.1. The number of hydrogen-bond donors (Lipinski definition) is 0. The lowest BCUT2D eigenvalue weighted by molar-refractivity contribution is -0.171. The zero-order valence-corrected chi connectivity index (χ0v) is 56.2. The summed E-state index contributed by atoms with van der Waals surface area (Å²) in [4.78, 5) is 25.4. The van der Waals surface area contributed by atoms with Gasteiger partial charge in [0.05, 0.1) is 60.7 Å². The largest absolute Gasteiger partial charge is 0.493 e. The Bertz CT molecular complexity index is 2400. The molecule has 10 nitrogen and oxygen atoms in total. The molecule has 5 rings (SSSR count). The lowest BCUT2D eigenvalue weighted by Gasteiger charge is -2.47. The molecule has 2 aromatic rings. The minimum absolute atomic E-state index is 0.118. The molecule has 3 saturated carbocycles. The third-order valence-corrected chi connectivity index (χ3v) is 21.0. The fraction of sp³-hybridized carbons (Fsp3) is 0.753. The highest BCUT2D eigenvalue weighted by Crippen LogP contribution is 2.92. The molecule has 0 N–H and O–H groups in total. The van der Waals surface area contributed by atoms with Crippen molar-refractivity contribution in [1.82, 2.24) is 0 Å². The summed E-state index contributed by atoms with van der Waals surface area (Å²) in [5.41, 5.74) is -1.17. The zero-order chi connectivity index (χ0) is 62.1. The molecule has 0 amide bonds. The normalized spacial score (nSPS) is 23.1. The van der Waals surface area contributed by atoms with E-state index in [1.807, 2.05) is 88.4 Å². The van der Waals surface area contributed by atoms with Crippen LogP contribution in [0.4, 0.5) is 0 Å². The highest BCUT2D eigenvalue weighted by atomic mass is 16.6. The SMILES string of the molecule is C=C(C)C(=O)OC(C)(C)C(COc1ccccc1)COC(C)(C)C(C)(C)CCCCOC(C)(C)CC1(C)CCC(C23CC2(CC(C)(C)OCCCCC(C)(C)C(C)(C)OCC(COc2ccccc2)C(C)(C)OC(=O)C(=C)C)C3)C(CC)C1. The van der Waals surface area contributed by atoms with E-state index in [-0.39, 0.29) is 39.3 Å². The Morgan fingerprint density at radius 2 is 0.964 bits per heavy atom. The number of unbranched alkanes of at least 4 members (excludes halogenated alkanes) is 2. The molecule has 0 saturated heterocycles. The van der Waals surface area contributed by atoms with Crippen molar-refractivity contribution in [3.05, 3.63) is 85.0 Å². The van der Waals surface area contributed by atoms with Crippen molar-refractivity contribution >= 4 is 11.9 Å². The average Bonchev–Trinajstić information content (AvgIpc) is 1.99. The minimum Gasteiger partial charge on any atom is -0.493 e. The molecule has 0 bridgehead atoms. The van der Waals surface area contributed by atoms with Crippen LogP contribution in [0.25, 0.3) is 0 Å². The summed E-state index contributed by atoms with van der Waals surface area (Å²) in [6, 6.07) is 19.5. The number of carbonyl (C=O) groups excluding carboxylic acids is 2. The van der Waals surface area contributed by atoms with E-state index < -0.39 is 34.3 Å². The standard InChI is InChI=1S/C73H118O10/c1-23-55-44-71(22,49-65(10,11)78-42-32-30-39-63(6,7)69(18,19)80-47-56(45-76-58-34-26-24-27-35-58)67(14,15)82-61(74)53(2)3)41-38-60(55)73-51-72(73,52-73)50-66(12,13)79-43-33-31-40-64(8,9)70(20,21)81-48-57(46-77-59-36-28-25-29-37-59)68(16,17)83-62(75)54(4)5/h24-29,34-37,55-57,60H,2,4,23,30-33,38-52H2,1,3,5-22H3. The van der Waals surface area contributed by atoms with Gasteiger partial charge in [-0.1, -0.05) is 110 Å². The van der Waals surface area contributed by atoms with Crippen molar-refractivity contribution in [2.75, 3.05) is 39.6 Å². The monoisotopic (exact) mass is 1150 g/mol. The van der Waals surface area contributed by atoms with E-state index in [4.69, 9.17) is 37.9 Å². The van der Waals surface area contributed by atoms with E-state index in [1.165, 1.54) is 38.5 Å². The van der Waals surface area contributed by atoms with E-state index in [9.17, 15) is 9.59 Å². The molecular weight excluding hydrogens is 1040 g/mol. The zero-order valence-electron chi connectivity index (χ0n) is 56.2. The molecule has 0 aliphatic heterocycles. The second-order valence-corrected chi connectivity index (χ2v) is 31.2. The fourth-order valence-electron chi connectivity index (χ4n) is 13.7. The van der Waals surface area contributed by atoms with Crippen LogP contribution in [0.3, 0.4) is 0 Å². The Balaban J connectivity index is 1.03. The number of benzene rings is 2. The first-order valence-corrected chi connectivity index (χ1v) is 32.0. The van der Waals surface area contributed by atoms with Crippen LogP contribution in [0.5, 0.6) is 11.5 Å². The molecule has 3 aliphatic carbocycles. The summed E-state index contributed by atoms with van der Waals surface area (Å²) < 4.78 is 51.5. The van der Waals surface area contributed by atoms with Crippen LogP contribution in [0, 0.1) is 50.7 Å². The number of esters is 2. The number of carbonyl (C=O) groups is 2. The first kappa shape index (κ1) is 70.1. The van der Waals surface area contributed by atoms with Crippen LogP contribution >= 0.6 is 0 Å². The van der Waals surface area contributed by atoms with Gasteiger partial charge in [0.2, 0.25) is 0 Å². The molecular formula is C73H118O10. The highest BCUT2D eigenvalue weighted by Gasteiger charge is 2.85. The first-order valence-electron chi connectivity index (χ1n) is 32.0. The van der Waals surface area contributed by atoms with Gasteiger partial charge in [0, 0.05) is 24.4 Å². The maximum atomic E-state index is 12.7. The topological polar surface area (TPSA) is 108 Å². The van der Waals surface area contributed by atoms with Crippen molar-refractivity contribution in [2.24, 2.45) is 50.7 Å². The van der Waals surface area contributed by atoms with Gasteiger partial charge in [-0.15, -0.1) is 0 Å². The molecule has 470 valence electrons. The van der Waals surface area contributed by atoms with Gasteiger partial charge >= 0.3 is 11.9 Å². The molecule has 3 aliphatic rings. The van der Waals surface area contributed by atoms with E-state index in [1.54, 1.807) is 13.8 Å². The molecule has 83 heavy (non-hydrogen) atoms. The second kappa shape index (κ2) is 27.6. The molecule has 10 heteroatoms. The Morgan fingerprint density at radius 1 is 0.566 bits per heavy atom. The predicted octanol–water partition coefficient (Wildman–Crippen LogP) is 18.1. The molecule has 5 atom stereocenters. The Hall–Kier alpha value is -3.70. The highest BCUT2D eigenvalue weighted by molar-refractivity contribution is 5.87. The van der Waals surface area contributed by atoms with Crippen molar-refractivity contribution < 1.29 is 47.5 Å². The van der Waals surface area contributed by atoms with Crippen molar-refractivity contribution in [2.45, 2.75) is 262 Å². The molecule has 2 aromatic carbocycles. The van der Waals surface area contributed by atoms with Gasteiger partial charge in [-0.2, -0.15) is 0 Å². The summed E-state index contributed by atoms with van der Waals surface area (Å²) in [5, 5.41) is 0. The van der Waals surface area contributed by atoms with Gasteiger partial charge in [-0.3, -0.25) is 0 Å². The Labute approximate surface area is 506 Å². The number of fused-ring (bicyclic) bond motifs is 1.